The molecular weight excluding hydrogens is 156 g/mol. The maximum Gasteiger partial charge on any atom is 0.00442 e. The van der Waals surface area contributed by atoms with Gasteiger partial charge in [-0.2, -0.15) is 0 Å². The van der Waals surface area contributed by atoms with Crippen molar-refractivity contribution < 1.29 is 0 Å². The molecule has 0 heterocycles. The summed E-state index contributed by atoms with van der Waals surface area (Å²) in [5, 5.41) is 0. The van der Waals surface area contributed by atoms with Crippen molar-refractivity contribution in [1.29, 1.82) is 0 Å². The molecule has 0 heteroatoms. The summed E-state index contributed by atoms with van der Waals surface area (Å²) in [7, 11) is 0. The van der Waals surface area contributed by atoms with Crippen LogP contribution in [0.5, 0.6) is 0 Å². The lowest BCUT2D eigenvalue weighted by Gasteiger charge is -1.88. The van der Waals surface area contributed by atoms with Crippen molar-refractivity contribution in [2.45, 2.75) is 25.7 Å². The third-order valence-corrected chi connectivity index (χ3v) is 1.89. The highest BCUT2D eigenvalue weighted by Gasteiger charge is 1.80. The number of rotatable bonds is 0. The second kappa shape index (κ2) is 7.60. The van der Waals surface area contributed by atoms with Gasteiger partial charge in [0.1, 0.15) is 0 Å². The zero-order valence-corrected chi connectivity index (χ0v) is 8.02. The number of allylic oxidation sites excluding steroid dienone is 8. The van der Waals surface area contributed by atoms with E-state index in [1.807, 2.05) is 0 Å². The van der Waals surface area contributed by atoms with E-state index in [0.29, 0.717) is 0 Å². The molecule has 0 fully saturated rings. The van der Waals surface area contributed by atoms with Crippen LogP contribution in [0.2, 0.25) is 0 Å². The fraction of sp³-hybridized carbons (Fsp3) is 0.308. The van der Waals surface area contributed by atoms with E-state index >= 15 is 0 Å². The van der Waals surface area contributed by atoms with Crippen LogP contribution in [0.15, 0.2) is 48.6 Å². The predicted octanol–water partition coefficient (Wildman–Crippen LogP) is 3.99. The Morgan fingerprint density at radius 1 is 0.615 bits per heavy atom. The van der Waals surface area contributed by atoms with Gasteiger partial charge in [0.15, 0.2) is 0 Å². The van der Waals surface area contributed by atoms with E-state index in [0.717, 1.165) is 6.42 Å². The average molecular weight is 173 g/mol. The fourth-order valence-corrected chi connectivity index (χ4v) is 1.16. The van der Waals surface area contributed by atoms with Crippen LogP contribution in [0.25, 0.3) is 0 Å². The van der Waals surface area contributed by atoms with E-state index in [9.17, 15) is 0 Å². The molecule has 0 saturated carbocycles. The third-order valence-electron chi connectivity index (χ3n) is 1.89. The zero-order valence-electron chi connectivity index (χ0n) is 8.02. The van der Waals surface area contributed by atoms with Crippen molar-refractivity contribution in [2.75, 3.05) is 0 Å². The molecule has 0 aromatic rings. The summed E-state index contributed by atoms with van der Waals surface area (Å²) in [5.41, 5.74) is 0. The van der Waals surface area contributed by atoms with Gasteiger partial charge in [0.2, 0.25) is 0 Å². The highest BCUT2D eigenvalue weighted by atomic mass is 13.9. The smallest absolute Gasteiger partial charge is 0.00442 e. The molecule has 1 radical (unpaired) electrons. The monoisotopic (exact) mass is 173 g/mol. The molecule has 0 unspecified atom stereocenters. The normalized spacial score (nSPS) is 19.1. The molecule has 69 valence electrons. The molecule has 1 aliphatic carbocycles. The highest BCUT2D eigenvalue weighted by molar-refractivity contribution is 5.11. The number of hydrogen-bond acceptors (Lipinski definition) is 0. The summed E-state index contributed by atoms with van der Waals surface area (Å²) in [5.74, 6) is 0. The molecule has 0 nitrogen and oxygen atoms in total. The van der Waals surface area contributed by atoms with Gasteiger partial charge >= 0.3 is 0 Å². The Balaban J connectivity index is 2.38. The Morgan fingerprint density at radius 2 is 1.23 bits per heavy atom. The molecule has 0 aromatic heterocycles. The lowest BCUT2D eigenvalue weighted by Crippen LogP contribution is -1.68. The SMILES string of the molecule is [CH]1C=CCC=CC=CCCCC=C1. The molecule has 1 aliphatic rings. The van der Waals surface area contributed by atoms with E-state index in [-0.39, 0.29) is 0 Å². The largest absolute Gasteiger partial charge is 0.0879 e. The minimum absolute atomic E-state index is 1.02. The van der Waals surface area contributed by atoms with E-state index in [4.69, 9.17) is 0 Å². The van der Waals surface area contributed by atoms with Crippen molar-refractivity contribution >= 4 is 0 Å². The van der Waals surface area contributed by atoms with Gasteiger partial charge in [0, 0.05) is 6.42 Å². The highest BCUT2D eigenvalue weighted by Crippen LogP contribution is 2.00. The first-order valence-corrected chi connectivity index (χ1v) is 4.97. The standard InChI is InChI=1S/C13H17/c1-2-4-6-8-10-12-13-11-9-7-5-3-1/h1-5,8,10,12-13H,6-7,9,11H2. The van der Waals surface area contributed by atoms with Crippen LogP contribution >= 0.6 is 0 Å². The minimum Gasteiger partial charge on any atom is -0.0879 e. The number of hydrogen-bond donors (Lipinski definition) is 0. The van der Waals surface area contributed by atoms with Crippen molar-refractivity contribution in [3.8, 4) is 0 Å². The Bertz CT molecular complexity index is 216. The lowest BCUT2D eigenvalue weighted by molar-refractivity contribution is 0.868. The van der Waals surface area contributed by atoms with Gasteiger partial charge in [0.25, 0.3) is 0 Å². The summed E-state index contributed by atoms with van der Waals surface area (Å²) in [6.45, 7) is 0. The van der Waals surface area contributed by atoms with E-state index in [1.54, 1.807) is 0 Å². The quantitative estimate of drug-likeness (QED) is 0.519. The summed E-state index contributed by atoms with van der Waals surface area (Å²) < 4.78 is 0. The maximum atomic E-state index is 2.23. The topological polar surface area (TPSA) is 0 Å². The van der Waals surface area contributed by atoms with Crippen LogP contribution in [0, 0.1) is 6.42 Å². The molecule has 0 aliphatic heterocycles. The first-order valence-electron chi connectivity index (χ1n) is 4.97. The third kappa shape index (κ3) is 6.15. The first kappa shape index (κ1) is 10.0. The zero-order chi connectivity index (χ0) is 9.19. The van der Waals surface area contributed by atoms with Crippen LogP contribution in [0.3, 0.4) is 0 Å². The van der Waals surface area contributed by atoms with E-state index in [2.05, 4.69) is 55.0 Å². The van der Waals surface area contributed by atoms with Gasteiger partial charge in [-0.25, -0.2) is 0 Å². The second-order valence-corrected chi connectivity index (χ2v) is 3.07. The van der Waals surface area contributed by atoms with E-state index < -0.39 is 0 Å². The molecule has 0 spiro atoms. The van der Waals surface area contributed by atoms with Gasteiger partial charge in [-0.3, -0.25) is 0 Å². The molecule has 0 aromatic carbocycles. The summed E-state index contributed by atoms with van der Waals surface area (Å²) in [4.78, 5) is 0. The van der Waals surface area contributed by atoms with Crippen molar-refractivity contribution in [2.24, 2.45) is 0 Å². The minimum atomic E-state index is 1.02. The van der Waals surface area contributed by atoms with Crippen molar-refractivity contribution in [3.05, 3.63) is 55.0 Å². The summed E-state index contributed by atoms with van der Waals surface area (Å²) in [6, 6.07) is 0. The van der Waals surface area contributed by atoms with Crippen LogP contribution in [0.1, 0.15) is 25.7 Å². The van der Waals surface area contributed by atoms with Gasteiger partial charge in [0.05, 0.1) is 0 Å². The molecule has 0 saturated heterocycles. The molecule has 1 rings (SSSR count). The van der Waals surface area contributed by atoms with Crippen LogP contribution < -0.4 is 0 Å². The van der Waals surface area contributed by atoms with Gasteiger partial charge in [-0.15, -0.1) is 0 Å². The molecule has 0 N–H and O–H groups in total. The molecule has 13 heavy (non-hydrogen) atoms. The summed E-state index contributed by atoms with van der Waals surface area (Å²) >= 11 is 0. The maximum absolute atomic E-state index is 2.23. The predicted molar refractivity (Wildman–Crippen MR) is 59.3 cm³/mol. The first-order chi connectivity index (χ1) is 6.50. The van der Waals surface area contributed by atoms with Gasteiger partial charge in [-0.1, -0.05) is 48.6 Å². The van der Waals surface area contributed by atoms with E-state index in [1.165, 1.54) is 19.3 Å². The average Bonchev–Trinajstić information content (AvgIpc) is 2.18. The van der Waals surface area contributed by atoms with Gasteiger partial charge in [-0.05, 0) is 25.7 Å². The van der Waals surface area contributed by atoms with Gasteiger partial charge < -0.3 is 0 Å². The molecule has 0 bridgehead atoms. The second-order valence-electron chi connectivity index (χ2n) is 3.07. The van der Waals surface area contributed by atoms with Crippen molar-refractivity contribution in [3.63, 3.8) is 0 Å². The Morgan fingerprint density at radius 3 is 2.15 bits per heavy atom. The summed E-state index contributed by atoms with van der Waals surface area (Å²) in [6.07, 6.45) is 24.0. The van der Waals surface area contributed by atoms with Crippen molar-refractivity contribution in [1.82, 2.24) is 0 Å². The Labute approximate surface area is 81.4 Å². The Kier molecular flexibility index (Phi) is 5.87. The molecule has 0 amide bonds. The Hall–Kier alpha value is -1.04. The van der Waals surface area contributed by atoms with Crippen LogP contribution in [0.4, 0.5) is 0 Å². The van der Waals surface area contributed by atoms with Crippen LogP contribution in [-0.2, 0) is 0 Å². The van der Waals surface area contributed by atoms with Crippen LogP contribution in [-0.4, -0.2) is 0 Å². The lowest BCUT2D eigenvalue weighted by atomic mass is 10.2. The molecule has 0 atom stereocenters. The fourth-order valence-electron chi connectivity index (χ4n) is 1.16. The molecular formula is C13H17.